The van der Waals surface area contributed by atoms with Crippen LogP contribution in [0.1, 0.15) is 11.5 Å². The van der Waals surface area contributed by atoms with Crippen LogP contribution in [0.3, 0.4) is 0 Å². The second kappa shape index (κ2) is 8.94. The predicted octanol–water partition coefficient (Wildman–Crippen LogP) is 5.63. The van der Waals surface area contributed by atoms with Crippen molar-refractivity contribution in [3.63, 3.8) is 0 Å². The molecule has 3 aromatic heterocycles. The van der Waals surface area contributed by atoms with Crippen molar-refractivity contribution in [3.05, 3.63) is 89.5 Å². The highest BCUT2D eigenvalue weighted by Gasteiger charge is 2.18. The van der Waals surface area contributed by atoms with E-state index < -0.39 is 0 Å². The Labute approximate surface area is 193 Å². The van der Waals surface area contributed by atoms with Crippen LogP contribution in [0.5, 0.6) is 0 Å². The van der Waals surface area contributed by atoms with Crippen LogP contribution in [0.2, 0.25) is 5.02 Å². The molecule has 0 N–H and O–H groups in total. The average Bonchev–Trinajstić information content (AvgIpc) is 3.46. The van der Waals surface area contributed by atoms with Gasteiger partial charge in [0.2, 0.25) is 11.7 Å². The van der Waals surface area contributed by atoms with Gasteiger partial charge in [0, 0.05) is 34.2 Å². The van der Waals surface area contributed by atoms with Crippen molar-refractivity contribution in [2.24, 2.45) is 0 Å². The molecular weight excluding hydrogens is 444 g/mol. The molecule has 0 atom stereocenters. The van der Waals surface area contributed by atoms with Crippen LogP contribution in [-0.4, -0.2) is 29.9 Å². The first kappa shape index (κ1) is 20.4. The van der Waals surface area contributed by atoms with E-state index in [1.165, 1.54) is 11.8 Å². The van der Waals surface area contributed by atoms with Gasteiger partial charge >= 0.3 is 0 Å². The molecule has 0 aliphatic carbocycles. The highest BCUT2D eigenvalue weighted by molar-refractivity contribution is 7.98. The number of pyridine rings is 1. The Morgan fingerprint density at radius 2 is 1.75 bits per heavy atom. The number of aryl methyl sites for hydroxylation is 1. The van der Waals surface area contributed by atoms with E-state index in [9.17, 15) is 0 Å². The van der Waals surface area contributed by atoms with Crippen molar-refractivity contribution in [3.8, 4) is 28.5 Å². The van der Waals surface area contributed by atoms with Gasteiger partial charge in [-0.3, -0.25) is 9.55 Å². The Kier molecular flexibility index (Phi) is 5.70. The van der Waals surface area contributed by atoms with E-state index in [4.69, 9.17) is 16.1 Å². The SMILES string of the molecule is Cc1ccccc1-c1noc(CSc2nnc(-c3ccncc3)n2-c2ccc(Cl)cc2)n1. The Morgan fingerprint density at radius 1 is 0.969 bits per heavy atom. The van der Waals surface area contributed by atoms with Crippen molar-refractivity contribution < 1.29 is 4.52 Å². The van der Waals surface area contributed by atoms with Gasteiger partial charge in [-0.2, -0.15) is 4.98 Å². The maximum Gasteiger partial charge on any atom is 0.237 e. The Bertz CT molecular complexity index is 1350. The van der Waals surface area contributed by atoms with Gasteiger partial charge < -0.3 is 4.52 Å². The first-order chi connectivity index (χ1) is 15.7. The first-order valence-electron chi connectivity index (χ1n) is 9.82. The van der Waals surface area contributed by atoms with Crippen LogP contribution < -0.4 is 0 Å². The first-order valence-corrected chi connectivity index (χ1v) is 11.2. The summed E-state index contributed by atoms with van der Waals surface area (Å²) >= 11 is 7.57. The summed E-state index contributed by atoms with van der Waals surface area (Å²) in [6.07, 6.45) is 3.46. The lowest BCUT2D eigenvalue weighted by Gasteiger charge is -2.10. The second-order valence-electron chi connectivity index (χ2n) is 6.97. The highest BCUT2D eigenvalue weighted by atomic mass is 35.5. The van der Waals surface area contributed by atoms with Gasteiger partial charge in [-0.1, -0.05) is 52.8 Å². The maximum absolute atomic E-state index is 6.09. The van der Waals surface area contributed by atoms with E-state index in [1.807, 2.05) is 72.2 Å². The van der Waals surface area contributed by atoms with Gasteiger partial charge in [0.15, 0.2) is 11.0 Å². The number of thioether (sulfide) groups is 1. The summed E-state index contributed by atoms with van der Waals surface area (Å²) in [5.74, 6) is 2.27. The molecule has 0 spiro atoms. The smallest absolute Gasteiger partial charge is 0.237 e. The van der Waals surface area contributed by atoms with Gasteiger partial charge in [-0.25, -0.2) is 0 Å². The summed E-state index contributed by atoms with van der Waals surface area (Å²) in [6.45, 7) is 2.02. The zero-order valence-corrected chi connectivity index (χ0v) is 18.6. The normalized spacial score (nSPS) is 11.1. The van der Waals surface area contributed by atoms with E-state index in [1.54, 1.807) is 12.4 Å². The molecule has 7 nitrogen and oxygen atoms in total. The third kappa shape index (κ3) is 4.15. The lowest BCUT2D eigenvalue weighted by molar-refractivity contribution is 0.391. The molecule has 0 unspecified atom stereocenters. The largest absolute Gasteiger partial charge is 0.338 e. The Morgan fingerprint density at radius 3 is 2.53 bits per heavy atom. The summed E-state index contributed by atoms with van der Waals surface area (Å²) in [4.78, 5) is 8.65. The van der Waals surface area contributed by atoms with E-state index in [0.717, 1.165) is 22.4 Å². The molecule has 0 fully saturated rings. The highest BCUT2D eigenvalue weighted by Crippen LogP contribution is 2.30. The fourth-order valence-corrected chi connectivity index (χ4v) is 4.16. The van der Waals surface area contributed by atoms with E-state index in [2.05, 4.69) is 25.3 Å². The molecule has 5 rings (SSSR count). The molecule has 0 saturated carbocycles. The van der Waals surface area contributed by atoms with Crippen molar-refractivity contribution in [2.75, 3.05) is 0 Å². The van der Waals surface area contributed by atoms with Crippen LogP contribution in [-0.2, 0) is 5.75 Å². The zero-order valence-electron chi connectivity index (χ0n) is 17.0. The number of halogens is 1. The van der Waals surface area contributed by atoms with Crippen LogP contribution in [0, 0.1) is 6.92 Å². The quantitative estimate of drug-likeness (QED) is 0.303. The number of aromatic nitrogens is 6. The molecule has 0 aliphatic heterocycles. The molecule has 158 valence electrons. The molecule has 9 heteroatoms. The number of hydrogen-bond acceptors (Lipinski definition) is 7. The van der Waals surface area contributed by atoms with Crippen molar-refractivity contribution in [1.29, 1.82) is 0 Å². The fourth-order valence-electron chi connectivity index (χ4n) is 3.25. The van der Waals surface area contributed by atoms with Crippen LogP contribution in [0.15, 0.2) is 82.7 Å². The third-order valence-electron chi connectivity index (χ3n) is 4.84. The van der Waals surface area contributed by atoms with Crippen LogP contribution in [0.25, 0.3) is 28.5 Å². The Balaban J connectivity index is 1.45. The molecule has 0 aliphatic rings. The summed E-state index contributed by atoms with van der Waals surface area (Å²) in [7, 11) is 0. The minimum Gasteiger partial charge on any atom is -0.338 e. The van der Waals surface area contributed by atoms with Crippen molar-refractivity contribution >= 4 is 23.4 Å². The summed E-state index contributed by atoms with van der Waals surface area (Å²) in [5, 5.41) is 14.4. The third-order valence-corrected chi connectivity index (χ3v) is 6.00. The molecule has 0 saturated heterocycles. The minimum atomic E-state index is 0.459. The molecule has 0 bridgehead atoms. The lowest BCUT2D eigenvalue weighted by atomic mass is 10.1. The van der Waals surface area contributed by atoms with Gasteiger partial charge in [0.05, 0.1) is 5.75 Å². The molecule has 0 radical (unpaired) electrons. The fraction of sp³-hybridized carbons (Fsp3) is 0.0870. The average molecular weight is 461 g/mol. The van der Waals surface area contributed by atoms with Gasteiger partial charge in [-0.15, -0.1) is 10.2 Å². The molecule has 2 aromatic carbocycles. The topological polar surface area (TPSA) is 82.5 Å². The number of rotatable bonds is 6. The minimum absolute atomic E-state index is 0.459. The van der Waals surface area contributed by atoms with Crippen molar-refractivity contribution in [1.82, 2.24) is 29.9 Å². The van der Waals surface area contributed by atoms with E-state index in [-0.39, 0.29) is 0 Å². The zero-order chi connectivity index (χ0) is 21.9. The summed E-state index contributed by atoms with van der Waals surface area (Å²) in [6, 6.07) is 19.3. The van der Waals surface area contributed by atoms with Gasteiger partial charge in [0.1, 0.15) is 0 Å². The van der Waals surface area contributed by atoms with Crippen molar-refractivity contribution in [2.45, 2.75) is 17.8 Å². The Hall–Kier alpha value is -3.49. The van der Waals surface area contributed by atoms with Gasteiger partial charge in [-0.05, 0) is 48.9 Å². The summed E-state index contributed by atoms with van der Waals surface area (Å²) in [5.41, 5.74) is 3.86. The van der Waals surface area contributed by atoms with Crippen LogP contribution >= 0.6 is 23.4 Å². The maximum atomic E-state index is 6.09. The van der Waals surface area contributed by atoms with E-state index >= 15 is 0 Å². The predicted molar refractivity (Wildman–Crippen MR) is 124 cm³/mol. The standard InChI is InChI=1S/C23H17ClN6OS/c1-15-4-2-3-5-19(15)21-26-20(31-29-21)14-32-23-28-27-22(16-10-12-25-13-11-16)30(23)18-8-6-17(24)7-9-18/h2-13H,14H2,1H3. The van der Waals surface area contributed by atoms with E-state index in [0.29, 0.717) is 33.5 Å². The van der Waals surface area contributed by atoms with Gasteiger partial charge in [0.25, 0.3) is 0 Å². The second-order valence-corrected chi connectivity index (χ2v) is 8.35. The molecular formula is C23H17ClN6OS. The number of benzene rings is 2. The monoisotopic (exact) mass is 460 g/mol. The number of hydrogen-bond donors (Lipinski definition) is 0. The van der Waals surface area contributed by atoms with Crippen LogP contribution in [0.4, 0.5) is 0 Å². The summed E-state index contributed by atoms with van der Waals surface area (Å²) < 4.78 is 7.46. The number of nitrogens with zero attached hydrogens (tertiary/aromatic N) is 6. The lowest BCUT2D eigenvalue weighted by Crippen LogP contribution is -2.00. The molecule has 5 aromatic rings. The molecule has 32 heavy (non-hydrogen) atoms. The molecule has 0 amide bonds. The molecule has 3 heterocycles.